The van der Waals surface area contributed by atoms with Crippen molar-refractivity contribution in [1.82, 2.24) is 4.98 Å². The molecule has 0 saturated carbocycles. The number of benzene rings is 2. The van der Waals surface area contributed by atoms with Crippen LogP contribution in [-0.4, -0.2) is 17.6 Å². The van der Waals surface area contributed by atoms with Gasteiger partial charge in [0, 0.05) is 22.2 Å². The normalized spacial score (nSPS) is 10.8. The second kappa shape index (κ2) is 10.2. The predicted molar refractivity (Wildman–Crippen MR) is 127 cm³/mol. The van der Waals surface area contributed by atoms with E-state index in [9.17, 15) is 4.79 Å². The van der Waals surface area contributed by atoms with Crippen molar-refractivity contribution >= 4 is 50.6 Å². The molecule has 0 radical (unpaired) electrons. The van der Waals surface area contributed by atoms with Crippen LogP contribution in [-0.2, 0) is 18.0 Å². The molecule has 0 aliphatic heterocycles. The van der Waals surface area contributed by atoms with Crippen LogP contribution in [0.3, 0.4) is 0 Å². The number of fused-ring (bicyclic) bond motifs is 1. The van der Waals surface area contributed by atoms with E-state index in [2.05, 4.69) is 4.98 Å². The third-order valence-corrected chi connectivity index (χ3v) is 6.23. The van der Waals surface area contributed by atoms with Crippen LogP contribution in [0, 0.1) is 0 Å². The van der Waals surface area contributed by atoms with Gasteiger partial charge >= 0.3 is 5.97 Å². The van der Waals surface area contributed by atoms with E-state index in [0.717, 1.165) is 21.6 Å². The van der Waals surface area contributed by atoms with Gasteiger partial charge in [-0.15, -0.1) is 11.3 Å². The lowest BCUT2D eigenvalue weighted by atomic mass is 10.1. The summed E-state index contributed by atoms with van der Waals surface area (Å²) in [5.74, 6) is 1.03. The summed E-state index contributed by atoms with van der Waals surface area (Å²) in [5, 5.41) is 3.63. The maximum Gasteiger partial charge on any atom is 0.341 e. The van der Waals surface area contributed by atoms with E-state index in [1.807, 2.05) is 41.8 Å². The molecule has 0 bridgehead atoms. The second-order valence-electron chi connectivity index (χ2n) is 6.83. The number of aromatic nitrogens is 1. The summed E-state index contributed by atoms with van der Waals surface area (Å²) in [5.41, 5.74) is 2.23. The summed E-state index contributed by atoms with van der Waals surface area (Å²) in [6.07, 6.45) is 1.45. The third-order valence-electron chi connectivity index (χ3n) is 4.63. The Morgan fingerprint density at radius 3 is 2.59 bits per heavy atom. The molecule has 5 nitrogen and oxygen atoms in total. The minimum Gasteiger partial charge on any atom is -0.489 e. The Balaban J connectivity index is 1.46. The fourth-order valence-corrected chi connectivity index (χ4v) is 4.61. The number of thiophene rings is 1. The maximum absolute atomic E-state index is 12.2. The molecule has 164 valence electrons. The first-order chi connectivity index (χ1) is 15.5. The monoisotopic (exact) mass is 487 g/mol. The Bertz CT molecular complexity index is 1240. The fraction of sp³-hybridized carbons (Fsp3) is 0.167. The van der Waals surface area contributed by atoms with Gasteiger partial charge in [0.25, 0.3) is 0 Å². The number of esters is 1. The van der Waals surface area contributed by atoms with Crippen LogP contribution in [0.2, 0.25) is 10.2 Å². The molecule has 0 atom stereocenters. The van der Waals surface area contributed by atoms with Crippen LogP contribution in [0.1, 0.15) is 28.4 Å². The molecule has 0 amide bonds. The molecule has 4 rings (SSSR count). The van der Waals surface area contributed by atoms with Crippen molar-refractivity contribution in [2.24, 2.45) is 0 Å². The Morgan fingerprint density at radius 2 is 1.81 bits per heavy atom. The van der Waals surface area contributed by atoms with E-state index < -0.39 is 5.97 Å². The van der Waals surface area contributed by atoms with E-state index in [1.165, 1.54) is 17.5 Å². The highest BCUT2D eigenvalue weighted by Gasteiger charge is 2.18. The number of nitrogens with zero attached hydrogens (tertiary/aromatic N) is 1. The lowest BCUT2D eigenvalue weighted by Crippen LogP contribution is -2.05. The number of pyridine rings is 1. The number of hydrogen-bond donors (Lipinski definition) is 0. The number of ether oxygens (including phenoxy) is 3. The summed E-state index contributed by atoms with van der Waals surface area (Å²) >= 11 is 13.7. The molecule has 2 heterocycles. The second-order valence-corrected chi connectivity index (χ2v) is 8.50. The van der Waals surface area contributed by atoms with Crippen LogP contribution in [0.5, 0.6) is 11.5 Å². The predicted octanol–water partition coefficient (Wildman–Crippen LogP) is 6.94. The highest BCUT2D eigenvalue weighted by atomic mass is 35.5. The number of carbonyl (C=O) groups excluding carboxylic acids is 1. The molecule has 32 heavy (non-hydrogen) atoms. The molecule has 0 spiro atoms. The number of carbonyl (C=O) groups is 1. The zero-order valence-corrected chi connectivity index (χ0v) is 19.5. The smallest absolute Gasteiger partial charge is 0.341 e. The van der Waals surface area contributed by atoms with E-state index in [4.69, 9.17) is 37.4 Å². The van der Waals surface area contributed by atoms with E-state index in [-0.39, 0.29) is 6.61 Å². The lowest BCUT2D eigenvalue weighted by molar-refractivity contribution is 0.0528. The molecule has 0 saturated heterocycles. The SMILES string of the molecule is CCOC(=O)c1cnc(Cl)c2c(COc3cccc(COc4ccc(Cl)cc4)c3)csc12. The maximum atomic E-state index is 12.2. The van der Waals surface area contributed by atoms with Crippen LogP contribution in [0.4, 0.5) is 0 Å². The fourth-order valence-electron chi connectivity index (χ4n) is 3.11. The molecule has 0 aliphatic carbocycles. The third kappa shape index (κ3) is 5.15. The first kappa shape index (κ1) is 22.4. The van der Waals surface area contributed by atoms with Gasteiger partial charge in [0.1, 0.15) is 29.9 Å². The minimum absolute atomic E-state index is 0.287. The van der Waals surface area contributed by atoms with Crippen molar-refractivity contribution in [2.75, 3.05) is 6.61 Å². The Kier molecular flexibility index (Phi) is 7.15. The van der Waals surface area contributed by atoms with Gasteiger partial charge in [-0.25, -0.2) is 9.78 Å². The standard InChI is InChI=1S/C24H19Cl2NO4S/c1-2-29-24(28)20-11-27-23(26)21-16(14-32-22(20)21)13-31-19-5-3-4-15(10-19)12-30-18-8-6-17(25)7-9-18/h3-11,14H,2,12-13H2,1H3. The van der Waals surface area contributed by atoms with Gasteiger partial charge in [0.05, 0.1) is 16.9 Å². The van der Waals surface area contributed by atoms with Gasteiger partial charge in [0.15, 0.2) is 0 Å². The van der Waals surface area contributed by atoms with E-state index in [0.29, 0.717) is 40.1 Å². The van der Waals surface area contributed by atoms with Crippen LogP contribution in [0.15, 0.2) is 60.1 Å². The molecule has 0 aliphatic rings. The largest absolute Gasteiger partial charge is 0.489 e. The molecule has 2 aromatic carbocycles. The van der Waals surface area contributed by atoms with Crippen molar-refractivity contribution in [1.29, 1.82) is 0 Å². The van der Waals surface area contributed by atoms with E-state index >= 15 is 0 Å². The highest BCUT2D eigenvalue weighted by molar-refractivity contribution is 7.17. The zero-order valence-electron chi connectivity index (χ0n) is 17.1. The molecule has 4 aromatic rings. The summed E-state index contributed by atoms with van der Waals surface area (Å²) in [6, 6.07) is 14.9. The molecule has 0 fully saturated rings. The van der Waals surface area contributed by atoms with Crippen molar-refractivity contribution in [3.05, 3.63) is 87.0 Å². The van der Waals surface area contributed by atoms with Crippen molar-refractivity contribution < 1.29 is 19.0 Å². The zero-order chi connectivity index (χ0) is 22.5. The summed E-state index contributed by atoms with van der Waals surface area (Å²) < 4.78 is 17.7. The van der Waals surface area contributed by atoms with Crippen molar-refractivity contribution in [3.8, 4) is 11.5 Å². The summed E-state index contributed by atoms with van der Waals surface area (Å²) in [4.78, 5) is 16.4. The number of hydrogen-bond acceptors (Lipinski definition) is 6. The molecular formula is C24H19Cl2NO4S. The molecule has 2 aromatic heterocycles. The van der Waals surface area contributed by atoms with Gasteiger partial charge < -0.3 is 14.2 Å². The topological polar surface area (TPSA) is 57.7 Å². The van der Waals surface area contributed by atoms with Crippen molar-refractivity contribution in [2.45, 2.75) is 20.1 Å². The average Bonchev–Trinajstić information content (AvgIpc) is 3.23. The van der Waals surface area contributed by atoms with Gasteiger partial charge in [-0.3, -0.25) is 0 Å². The number of rotatable bonds is 8. The molecule has 8 heteroatoms. The molecule has 0 N–H and O–H groups in total. The summed E-state index contributed by atoms with van der Waals surface area (Å²) in [7, 11) is 0. The van der Waals surface area contributed by atoms with Gasteiger partial charge in [0.2, 0.25) is 0 Å². The highest BCUT2D eigenvalue weighted by Crippen LogP contribution is 2.34. The first-order valence-electron chi connectivity index (χ1n) is 9.87. The Morgan fingerprint density at radius 1 is 1.03 bits per heavy atom. The van der Waals surface area contributed by atoms with Gasteiger partial charge in [-0.05, 0) is 54.3 Å². The average molecular weight is 488 g/mol. The Hall–Kier alpha value is -2.80. The van der Waals surface area contributed by atoms with Gasteiger partial charge in [-0.2, -0.15) is 0 Å². The van der Waals surface area contributed by atoms with E-state index in [1.54, 1.807) is 19.1 Å². The molecule has 0 unspecified atom stereocenters. The Labute approximate surface area is 199 Å². The van der Waals surface area contributed by atoms with Gasteiger partial charge in [-0.1, -0.05) is 35.3 Å². The van der Waals surface area contributed by atoms with Crippen molar-refractivity contribution in [3.63, 3.8) is 0 Å². The quantitative estimate of drug-likeness (QED) is 0.199. The van der Waals surface area contributed by atoms with Crippen LogP contribution < -0.4 is 9.47 Å². The number of halogens is 2. The minimum atomic E-state index is -0.413. The molecular weight excluding hydrogens is 469 g/mol. The van der Waals surface area contributed by atoms with Crippen LogP contribution >= 0.6 is 34.5 Å². The van der Waals surface area contributed by atoms with Crippen LogP contribution in [0.25, 0.3) is 10.1 Å². The lowest BCUT2D eigenvalue weighted by Gasteiger charge is -2.10. The first-order valence-corrected chi connectivity index (χ1v) is 11.5. The summed E-state index contributed by atoms with van der Waals surface area (Å²) in [6.45, 7) is 2.75.